The molecule has 2 N–H and O–H groups in total. The van der Waals surface area contributed by atoms with Gasteiger partial charge in [0.25, 0.3) is 0 Å². The minimum absolute atomic E-state index is 0.149. The maximum absolute atomic E-state index is 9.73. The van der Waals surface area contributed by atoms with E-state index in [4.69, 9.17) is 30.5 Å². The van der Waals surface area contributed by atoms with Crippen LogP contribution < -0.4 is 24.3 Å². The van der Waals surface area contributed by atoms with Crippen molar-refractivity contribution in [2.24, 2.45) is 0 Å². The van der Waals surface area contributed by atoms with E-state index < -0.39 is 0 Å². The van der Waals surface area contributed by atoms with Crippen LogP contribution in [-0.4, -0.2) is 33.0 Å². The Kier molecular flexibility index (Phi) is 8.09. The average molecular weight is 458 g/mol. The third-order valence-corrected chi connectivity index (χ3v) is 5.33. The predicted molar refractivity (Wildman–Crippen MR) is 127 cm³/mol. The van der Waals surface area contributed by atoms with E-state index in [1.165, 1.54) is 0 Å². The molecule has 3 aromatic rings. The molecule has 3 aromatic carbocycles. The second-order valence-corrected chi connectivity index (χ2v) is 7.38. The van der Waals surface area contributed by atoms with E-state index in [2.05, 4.69) is 5.32 Å². The summed E-state index contributed by atoms with van der Waals surface area (Å²) in [6.07, 6.45) is 0. The van der Waals surface area contributed by atoms with Gasteiger partial charge in [0.15, 0.2) is 11.5 Å². The summed E-state index contributed by atoms with van der Waals surface area (Å²) in [6.45, 7) is 2.72. The van der Waals surface area contributed by atoms with E-state index in [0.717, 1.165) is 33.9 Å². The van der Waals surface area contributed by atoms with Crippen molar-refractivity contribution < 1.29 is 24.1 Å². The van der Waals surface area contributed by atoms with Crippen LogP contribution in [0.15, 0.2) is 48.5 Å². The van der Waals surface area contributed by atoms with Crippen molar-refractivity contribution in [3.05, 3.63) is 64.7 Å². The summed E-state index contributed by atoms with van der Waals surface area (Å²) in [5.74, 6) is 2.54. The third kappa shape index (κ3) is 5.03. The monoisotopic (exact) mass is 457 g/mol. The molecule has 0 atom stereocenters. The molecule has 7 heteroatoms. The van der Waals surface area contributed by atoms with Gasteiger partial charge in [-0.25, -0.2) is 0 Å². The third-order valence-electron chi connectivity index (χ3n) is 5.09. The lowest BCUT2D eigenvalue weighted by Gasteiger charge is -2.20. The topological polar surface area (TPSA) is 69.2 Å². The number of hydrogen-bond donors (Lipinski definition) is 2. The lowest BCUT2D eigenvalue weighted by atomic mass is 9.99. The van der Waals surface area contributed by atoms with Crippen LogP contribution in [0.1, 0.15) is 18.1 Å². The lowest BCUT2D eigenvalue weighted by Crippen LogP contribution is -2.05. The molecule has 0 radical (unpaired) electrons. The fraction of sp³-hybridized carbons (Fsp3) is 0.280. The number of aliphatic hydroxyl groups is 1. The molecule has 6 nitrogen and oxygen atoms in total. The quantitative estimate of drug-likeness (QED) is 0.417. The van der Waals surface area contributed by atoms with Gasteiger partial charge in [-0.15, -0.1) is 0 Å². The summed E-state index contributed by atoms with van der Waals surface area (Å²) < 4.78 is 22.3. The van der Waals surface area contributed by atoms with Gasteiger partial charge in [0.05, 0.1) is 34.5 Å². The second-order valence-electron chi connectivity index (χ2n) is 6.95. The number of nitrogens with one attached hydrogen (secondary N) is 1. The molecule has 0 spiro atoms. The first-order valence-corrected chi connectivity index (χ1v) is 10.6. The molecule has 0 unspecified atom stereocenters. The van der Waals surface area contributed by atoms with Gasteiger partial charge < -0.3 is 29.4 Å². The van der Waals surface area contributed by atoms with Gasteiger partial charge in [-0.05, 0) is 43.3 Å². The summed E-state index contributed by atoms with van der Waals surface area (Å²) in [5, 5.41) is 13.8. The number of halogens is 1. The van der Waals surface area contributed by atoms with Crippen molar-refractivity contribution in [3.8, 4) is 34.1 Å². The predicted octanol–water partition coefficient (Wildman–Crippen LogP) is 5.54. The van der Waals surface area contributed by atoms with Crippen molar-refractivity contribution in [1.82, 2.24) is 0 Å². The summed E-state index contributed by atoms with van der Waals surface area (Å²) in [7, 11) is 4.84. The fourth-order valence-electron chi connectivity index (χ4n) is 3.53. The van der Waals surface area contributed by atoms with Crippen LogP contribution in [0.25, 0.3) is 11.1 Å². The Labute approximate surface area is 193 Å². The molecule has 0 saturated heterocycles. The number of hydrogen-bond acceptors (Lipinski definition) is 6. The first-order chi connectivity index (χ1) is 15.6. The van der Waals surface area contributed by atoms with Crippen molar-refractivity contribution >= 4 is 17.3 Å². The van der Waals surface area contributed by atoms with Gasteiger partial charge in [0.1, 0.15) is 11.5 Å². The van der Waals surface area contributed by atoms with Crippen molar-refractivity contribution in [2.45, 2.75) is 20.1 Å². The molecular weight excluding hydrogens is 430 g/mol. The lowest BCUT2D eigenvalue weighted by molar-refractivity contribution is 0.260. The van der Waals surface area contributed by atoms with E-state index in [-0.39, 0.29) is 6.61 Å². The smallest absolute Gasteiger partial charge is 0.168 e. The van der Waals surface area contributed by atoms with Gasteiger partial charge in [0.2, 0.25) is 0 Å². The summed E-state index contributed by atoms with van der Waals surface area (Å²) in [4.78, 5) is 0. The molecular formula is C25H28ClNO5. The molecule has 170 valence electrons. The van der Waals surface area contributed by atoms with Gasteiger partial charge in [-0.1, -0.05) is 17.7 Å². The highest BCUT2D eigenvalue weighted by Gasteiger charge is 2.19. The van der Waals surface area contributed by atoms with Crippen LogP contribution in [-0.2, 0) is 13.2 Å². The zero-order valence-corrected chi connectivity index (χ0v) is 19.5. The van der Waals surface area contributed by atoms with E-state index in [0.29, 0.717) is 35.2 Å². The molecule has 3 rings (SSSR count). The van der Waals surface area contributed by atoms with Crippen molar-refractivity contribution in [2.75, 3.05) is 33.3 Å². The average Bonchev–Trinajstić information content (AvgIpc) is 2.82. The molecule has 32 heavy (non-hydrogen) atoms. The number of benzene rings is 3. The van der Waals surface area contributed by atoms with Gasteiger partial charge in [-0.3, -0.25) is 0 Å². The Hall–Kier alpha value is -3.09. The van der Waals surface area contributed by atoms with E-state index >= 15 is 0 Å². The number of anilines is 1. The maximum Gasteiger partial charge on any atom is 0.168 e. The van der Waals surface area contributed by atoms with Crippen LogP contribution in [0.2, 0.25) is 5.02 Å². The summed E-state index contributed by atoms with van der Waals surface area (Å²) in [5.41, 5.74) is 4.16. The van der Waals surface area contributed by atoms with Crippen molar-refractivity contribution in [3.63, 3.8) is 0 Å². The summed E-state index contributed by atoms with van der Waals surface area (Å²) >= 11 is 6.35. The SMILES string of the molecule is CCOc1c(CO)ccc(-c2cc(Cl)ccc2NCc2ccc(OC)cc2OC)c1OC. The molecule has 0 aliphatic rings. The Morgan fingerprint density at radius 1 is 0.844 bits per heavy atom. The highest BCUT2D eigenvalue weighted by molar-refractivity contribution is 6.31. The Bertz CT molecular complexity index is 1070. The van der Waals surface area contributed by atoms with Gasteiger partial charge >= 0.3 is 0 Å². The van der Waals surface area contributed by atoms with E-state index in [1.807, 2.05) is 55.5 Å². The largest absolute Gasteiger partial charge is 0.497 e. The first kappa shape index (κ1) is 23.6. The highest BCUT2D eigenvalue weighted by Crippen LogP contribution is 2.44. The normalized spacial score (nSPS) is 10.6. The minimum atomic E-state index is -0.149. The van der Waals surface area contributed by atoms with Crippen LogP contribution in [0, 0.1) is 0 Å². The van der Waals surface area contributed by atoms with Crippen LogP contribution in [0.4, 0.5) is 5.69 Å². The Morgan fingerprint density at radius 2 is 1.62 bits per heavy atom. The van der Waals surface area contributed by atoms with E-state index in [1.54, 1.807) is 21.3 Å². The number of aliphatic hydroxyl groups excluding tert-OH is 1. The minimum Gasteiger partial charge on any atom is -0.497 e. The first-order valence-electron chi connectivity index (χ1n) is 10.2. The molecule has 0 bridgehead atoms. The second kappa shape index (κ2) is 11.0. The number of ether oxygens (including phenoxy) is 4. The summed E-state index contributed by atoms with van der Waals surface area (Å²) in [6, 6.07) is 15.1. The van der Waals surface area contributed by atoms with Gasteiger partial charge in [-0.2, -0.15) is 0 Å². The highest BCUT2D eigenvalue weighted by atomic mass is 35.5. The Morgan fingerprint density at radius 3 is 2.28 bits per heavy atom. The molecule has 0 aliphatic carbocycles. The zero-order valence-electron chi connectivity index (χ0n) is 18.7. The van der Waals surface area contributed by atoms with Crippen LogP contribution in [0.3, 0.4) is 0 Å². The van der Waals surface area contributed by atoms with Crippen LogP contribution >= 0.6 is 11.6 Å². The molecule has 0 fully saturated rings. The fourth-order valence-corrected chi connectivity index (χ4v) is 3.70. The number of rotatable bonds is 10. The van der Waals surface area contributed by atoms with Gasteiger partial charge in [0, 0.05) is 45.6 Å². The Balaban J connectivity index is 2.02. The maximum atomic E-state index is 9.73. The van der Waals surface area contributed by atoms with E-state index in [9.17, 15) is 5.11 Å². The van der Waals surface area contributed by atoms with Crippen LogP contribution in [0.5, 0.6) is 23.0 Å². The molecule has 0 heterocycles. The van der Waals surface area contributed by atoms with Crippen molar-refractivity contribution in [1.29, 1.82) is 0 Å². The zero-order chi connectivity index (χ0) is 23.1. The molecule has 0 saturated carbocycles. The number of methoxy groups -OCH3 is 3. The molecule has 0 amide bonds. The standard InChI is InChI=1S/C25H28ClNO5/c1-5-32-24-17(15-28)7-10-20(25(24)31-4)21-12-18(26)8-11-22(21)27-14-16-6-9-19(29-2)13-23(16)30-3/h6-13,27-28H,5,14-15H2,1-4H3. The molecule has 0 aromatic heterocycles. The molecule has 0 aliphatic heterocycles.